The van der Waals surface area contributed by atoms with Crippen molar-refractivity contribution >= 4 is 5.91 Å². The summed E-state index contributed by atoms with van der Waals surface area (Å²) in [6.45, 7) is 0.845. The van der Waals surface area contributed by atoms with Gasteiger partial charge in [0.1, 0.15) is 6.33 Å². The monoisotopic (exact) mass is 381 g/mol. The molecule has 0 bridgehead atoms. The van der Waals surface area contributed by atoms with Crippen molar-refractivity contribution in [2.45, 2.75) is 63.8 Å². The van der Waals surface area contributed by atoms with Crippen molar-refractivity contribution < 1.29 is 31.5 Å². The molecule has 1 unspecified atom stereocenters. The Kier molecular flexibility index (Phi) is 6.35. The Hall–Kier alpha value is -2.00. The number of hydrogen-bond acceptors (Lipinski definition) is 4. The summed E-state index contributed by atoms with van der Waals surface area (Å²) >= 11 is 0. The Morgan fingerprint density at radius 2 is 2.00 bits per heavy atom. The lowest BCUT2D eigenvalue weighted by atomic mass is 9.84. The molecule has 1 atom stereocenters. The molecule has 26 heavy (non-hydrogen) atoms. The molecular formula is C16H20F5N3O2. The van der Waals surface area contributed by atoms with Crippen LogP contribution >= 0.6 is 0 Å². The maximum atomic E-state index is 13.1. The summed E-state index contributed by atoms with van der Waals surface area (Å²) in [6.07, 6.45) is -5.20. The fraction of sp³-hybridized carbons (Fsp3) is 0.688. The zero-order valence-electron chi connectivity index (χ0n) is 14.2. The van der Waals surface area contributed by atoms with Gasteiger partial charge in [-0.1, -0.05) is 0 Å². The lowest BCUT2D eigenvalue weighted by Crippen LogP contribution is -2.31. The van der Waals surface area contributed by atoms with Gasteiger partial charge in [0.2, 0.25) is 17.7 Å². The van der Waals surface area contributed by atoms with Crippen molar-refractivity contribution in [2.75, 3.05) is 0 Å². The SMILES string of the molecule is CC(Oc1cc(CNC(=O)CC2CCC(F)(F)CC2)ncn1)C(F)(F)F. The molecule has 0 saturated heterocycles. The number of rotatable bonds is 6. The zero-order valence-corrected chi connectivity index (χ0v) is 14.2. The van der Waals surface area contributed by atoms with Gasteiger partial charge in [0.15, 0.2) is 6.10 Å². The van der Waals surface area contributed by atoms with Gasteiger partial charge in [0.05, 0.1) is 12.2 Å². The van der Waals surface area contributed by atoms with Crippen molar-refractivity contribution in [1.29, 1.82) is 0 Å². The number of halogens is 5. The fourth-order valence-electron chi connectivity index (χ4n) is 2.61. The van der Waals surface area contributed by atoms with Crippen LogP contribution in [0.5, 0.6) is 5.88 Å². The molecular weight excluding hydrogens is 361 g/mol. The first-order valence-corrected chi connectivity index (χ1v) is 8.24. The quantitative estimate of drug-likeness (QED) is 0.765. The van der Waals surface area contributed by atoms with E-state index in [4.69, 9.17) is 4.74 Å². The van der Waals surface area contributed by atoms with Gasteiger partial charge < -0.3 is 10.1 Å². The zero-order chi connectivity index (χ0) is 19.4. The maximum Gasteiger partial charge on any atom is 0.425 e. The van der Waals surface area contributed by atoms with Crippen LogP contribution in [-0.2, 0) is 11.3 Å². The Balaban J connectivity index is 1.80. The van der Waals surface area contributed by atoms with Crippen LogP contribution in [0.25, 0.3) is 0 Å². The van der Waals surface area contributed by atoms with E-state index < -0.39 is 18.2 Å². The number of alkyl halides is 5. The van der Waals surface area contributed by atoms with Crippen LogP contribution in [-0.4, -0.2) is 34.1 Å². The predicted molar refractivity (Wildman–Crippen MR) is 81.5 cm³/mol. The van der Waals surface area contributed by atoms with E-state index in [-0.39, 0.29) is 49.2 Å². The second-order valence-electron chi connectivity index (χ2n) is 6.43. The van der Waals surface area contributed by atoms with Crippen LogP contribution in [0.2, 0.25) is 0 Å². The number of amides is 1. The molecule has 10 heteroatoms. The summed E-state index contributed by atoms with van der Waals surface area (Å²) in [5.41, 5.74) is 0.285. The molecule has 2 rings (SSSR count). The van der Waals surface area contributed by atoms with Crippen molar-refractivity contribution in [1.82, 2.24) is 15.3 Å². The van der Waals surface area contributed by atoms with Crippen molar-refractivity contribution in [3.05, 3.63) is 18.1 Å². The first kappa shape index (κ1) is 20.3. The lowest BCUT2D eigenvalue weighted by Gasteiger charge is -2.27. The number of carbonyl (C=O) groups excluding carboxylic acids is 1. The Labute approximate surface area is 147 Å². The molecule has 0 spiro atoms. The highest BCUT2D eigenvalue weighted by Gasteiger charge is 2.38. The van der Waals surface area contributed by atoms with Gasteiger partial charge in [0, 0.05) is 25.3 Å². The van der Waals surface area contributed by atoms with Gasteiger partial charge in [-0.25, -0.2) is 18.7 Å². The van der Waals surface area contributed by atoms with Crippen LogP contribution < -0.4 is 10.1 Å². The molecule has 1 fully saturated rings. The molecule has 1 aromatic heterocycles. The summed E-state index contributed by atoms with van der Waals surface area (Å²) < 4.78 is 68.3. The van der Waals surface area contributed by atoms with Crippen LogP contribution in [0.3, 0.4) is 0 Å². The van der Waals surface area contributed by atoms with E-state index in [1.807, 2.05) is 0 Å². The van der Waals surface area contributed by atoms with Crippen molar-refractivity contribution in [3.63, 3.8) is 0 Å². The molecule has 1 aliphatic rings. The first-order chi connectivity index (χ1) is 12.0. The average molecular weight is 381 g/mol. The van der Waals surface area contributed by atoms with Gasteiger partial charge >= 0.3 is 6.18 Å². The van der Waals surface area contributed by atoms with E-state index in [0.717, 1.165) is 13.3 Å². The molecule has 146 valence electrons. The normalized spacial score (nSPS) is 19.0. The smallest absolute Gasteiger partial charge is 0.425 e. The summed E-state index contributed by atoms with van der Waals surface area (Å²) in [5, 5.41) is 2.58. The summed E-state index contributed by atoms with van der Waals surface area (Å²) in [5.74, 6) is -3.29. The van der Waals surface area contributed by atoms with E-state index in [2.05, 4.69) is 15.3 Å². The van der Waals surface area contributed by atoms with Gasteiger partial charge in [-0.3, -0.25) is 4.79 Å². The van der Waals surface area contributed by atoms with E-state index in [9.17, 15) is 26.7 Å². The number of carbonyl (C=O) groups is 1. The minimum Gasteiger partial charge on any atom is -0.465 e. The topological polar surface area (TPSA) is 64.1 Å². The maximum absolute atomic E-state index is 13.1. The fourth-order valence-corrected chi connectivity index (χ4v) is 2.61. The minimum atomic E-state index is -4.52. The largest absolute Gasteiger partial charge is 0.465 e. The van der Waals surface area contributed by atoms with Gasteiger partial charge in [-0.15, -0.1) is 0 Å². The molecule has 5 nitrogen and oxygen atoms in total. The Bertz CT molecular complexity index is 614. The molecule has 0 aromatic carbocycles. The predicted octanol–water partition coefficient (Wildman–Crippen LogP) is 3.64. The number of nitrogens with zero attached hydrogens (tertiary/aromatic N) is 2. The van der Waals surface area contributed by atoms with Crippen LogP contribution in [0.4, 0.5) is 22.0 Å². The standard InChI is InChI=1S/C16H20F5N3O2/c1-10(16(19,20)21)26-14-7-12(23-9-24-14)8-22-13(25)6-11-2-4-15(17,18)5-3-11/h7,9-11H,2-6,8H2,1H3,(H,22,25). The molecule has 0 radical (unpaired) electrons. The molecule has 1 saturated carbocycles. The second-order valence-corrected chi connectivity index (χ2v) is 6.43. The minimum absolute atomic E-state index is 0.0129. The van der Waals surface area contributed by atoms with Crippen molar-refractivity contribution in [3.8, 4) is 5.88 Å². The van der Waals surface area contributed by atoms with E-state index >= 15 is 0 Å². The van der Waals surface area contributed by atoms with Crippen molar-refractivity contribution in [2.24, 2.45) is 5.92 Å². The number of aromatic nitrogens is 2. The Morgan fingerprint density at radius 3 is 2.62 bits per heavy atom. The average Bonchev–Trinajstić information content (AvgIpc) is 2.54. The van der Waals surface area contributed by atoms with Gasteiger partial charge in [0.25, 0.3) is 0 Å². The van der Waals surface area contributed by atoms with Crippen LogP contribution in [0.1, 0.15) is 44.7 Å². The summed E-state index contributed by atoms with van der Waals surface area (Å²) in [4.78, 5) is 19.4. The van der Waals surface area contributed by atoms with Gasteiger partial charge in [-0.05, 0) is 25.7 Å². The first-order valence-electron chi connectivity index (χ1n) is 8.24. The molecule has 1 N–H and O–H groups in total. The van der Waals surface area contributed by atoms with E-state index in [0.29, 0.717) is 12.8 Å². The lowest BCUT2D eigenvalue weighted by molar-refractivity contribution is -0.190. The highest BCUT2D eigenvalue weighted by molar-refractivity contribution is 5.76. The molecule has 0 aliphatic heterocycles. The highest BCUT2D eigenvalue weighted by Crippen LogP contribution is 2.37. The van der Waals surface area contributed by atoms with Gasteiger partial charge in [-0.2, -0.15) is 13.2 Å². The van der Waals surface area contributed by atoms with Crippen LogP contribution in [0.15, 0.2) is 12.4 Å². The second kappa shape index (κ2) is 8.13. The highest BCUT2D eigenvalue weighted by atomic mass is 19.4. The number of nitrogens with one attached hydrogen (secondary N) is 1. The van der Waals surface area contributed by atoms with Crippen LogP contribution in [0, 0.1) is 5.92 Å². The van der Waals surface area contributed by atoms with E-state index in [1.54, 1.807) is 0 Å². The summed E-state index contributed by atoms with van der Waals surface area (Å²) in [7, 11) is 0. The third-order valence-electron chi connectivity index (χ3n) is 4.23. The third kappa shape index (κ3) is 6.38. The third-order valence-corrected chi connectivity index (χ3v) is 4.23. The molecule has 1 amide bonds. The molecule has 1 aromatic rings. The molecule has 1 heterocycles. The Morgan fingerprint density at radius 1 is 1.35 bits per heavy atom. The summed E-state index contributed by atoms with van der Waals surface area (Å²) in [6, 6.07) is 1.21. The number of hydrogen-bond donors (Lipinski definition) is 1. The van der Waals surface area contributed by atoms with E-state index in [1.165, 1.54) is 6.07 Å². The number of ether oxygens (including phenoxy) is 1. The molecule has 1 aliphatic carbocycles.